The minimum atomic E-state index is -0.0554. The molecule has 2 aromatic carbocycles. The first-order valence-corrected chi connectivity index (χ1v) is 14.2. The van der Waals surface area contributed by atoms with Crippen LogP contribution in [0.4, 0.5) is 0 Å². The van der Waals surface area contributed by atoms with E-state index in [1.54, 1.807) is 30.4 Å². The number of carbonyl (C=O) groups is 1. The molecule has 5 nitrogen and oxygen atoms in total. The fraction of sp³-hybridized carbons (Fsp3) is 0.433. The number of fused-ring (bicyclic) bond motifs is 3. The van der Waals surface area contributed by atoms with Crippen molar-refractivity contribution in [3.8, 4) is 5.75 Å². The summed E-state index contributed by atoms with van der Waals surface area (Å²) in [5.74, 6) is 0.824. The van der Waals surface area contributed by atoms with Crippen molar-refractivity contribution in [2.24, 2.45) is 0 Å². The molecule has 1 amide bonds. The summed E-state index contributed by atoms with van der Waals surface area (Å²) in [6, 6.07) is 13.1. The molecule has 3 atom stereocenters. The first-order valence-electron chi connectivity index (χ1n) is 13.5. The Bertz CT molecular complexity index is 1310. The van der Waals surface area contributed by atoms with Crippen LogP contribution in [0.5, 0.6) is 5.75 Å². The second-order valence-electron chi connectivity index (χ2n) is 11.0. The van der Waals surface area contributed by atoms with Gasteiger partial charge in [-0.05, 0) is 105 Å². The number of H-pyrrole nitrogens is 1. The smallest absolute Gasteiger partial charge is 0.244 e. The number of aromatic hydroxyl groups is 1. The summed E-state index contributed by atoms with van der Waals surface area (Å²) in [5.41, 5.74) is 3.33. The number of hydrogen-bond acceptors (Lipinski definition) is 3. The minimum absolute atomic E-state index is 0.0554. The number of phenolic OH excluding ortho intramolecular Hbond substituents is 1. The molecular formula is C30H33Cl2N3O2. The Balaban J connectivity index is 1.03. The predicted octanol–water partition coefficient (Wildman–Crippen LogP) is 7.03. The van der Waals surface area contributed by atoms with Crippen LogP contribution in [0, 0.1) is 0 Å². The normalized spacial score (nSPS) is 28.2. The average molecular weight is 539 g/mol. The Morgan fingerprint density at radius 1 is 0.946 bits per heavy atom. The molecule has 3 N–H and O–H groups in total. The van der Waals surface area contributed by atoms with Gasteiger partial charge in [-0.25, -0.2) is 0 Å². The van der Waals surface area contributed by atoms with E-state index in [0.29, 0.717) is 39.8 Å². The molecule has 0 radical (unpaired) electrons. The molecular weight excluding hydrogens is 505 g/mol. The van der Waals surface area contributed by atoms with Gasteiger partial charge in [-0.3, -0.25) is 9.69 Å². The van der Waals surface area contributed by atoms with Crippen molar-refractivity contribution in [1.82, 2.24) is 15.2 Å². The number of nitrogens with one attached hydrogen (secondary N) is 2. The maximum atomic E-state index is 12.5. The van der Waals surface area contributed by atoms with Gasteiger partial charge < -0.3 is 15.4 Å². The predicted molar refractivity (Wildman–Crippen MR) is 150 cm³/mol. The molecule has 7 heteroatoms. The lowest BCUT2D eigenvalue weighted by molar-refractivity contribution is -0.117. The van der Waals surface area contributed by atoms with Gasteiger partial charge in [0, 0.05) is 47.3 Å². The molecule has 0 spiro atoms. The summed E-state index contributed by atoms with van der Waals surface area (Å²) in [4.78, 5) is 18.8. The van der Waals surface area contributed by atoms with Gasteiger partial charge in [0.15, 0.2) is 0 Å². The number of aromatic amines is 1. The van der Waals surface area contributed by atoms with E-state index in [4.69, 9.17) is 23.2 Å². The van der Waals surface area contributed by atoms with Crippen LogP contribution in [-0.2, 0) is 4.79 Å². The van der Waals surface area contributed by atoms with Crippen molar-refractivity contribution in [2.75, 3.05) is 0 Å². The highest BCUT2D eigenvalue weighted by Crippen LogP contribution is 2.47. The number of halogens is 2. The highest BCUT2D eigenvalue weighted by molar-refractivity contribution is 6.42. The number of aromatic nitrogens is 1. The van der Waals surface area contributed by atoms with Crippen LogP contribution in [0.3, 0.4) is 0 Å². The van der Waals surface area contributed by atoms with E-state index in [0.717, 1.165) is 36.8 Å². The number of benzene rings is 2. The van der Waals surface area contributed by atoms with Gasteiger partial charge in [0.2, 0.25) is 5.91 Å². The molecule has 3 fully saturated rings. The van der Waals surface area contributed by atoms with Gasteiger partial charge in [-0.1, -0.05) is 29.3 Å². The zero-order valence-corrected chi connectivity index (χ0v) is 22.3. The largest absolute Gasteiger partial charge is 0.508 e. The van der Waals surface area contributed by atoms with E-state index in [-0.39, 0.29) is 11.9 Å². The van der Waals surface area contributed by atoms with Crippen LogP contribution < -0.4 is 5.32 Å². The van der Waals surface area contributed by atoms with Gasteiger partial charge in [0.1, 0.15) is 5.75 Å². The first-order chi connectivity index (χ1) is 17.9. The maximum absolute atomic E-state index is 12.5. The highest BCUT2D eigenvalue weighted by Gasteiger charge is 2.45. The number of hydrogen-bond donors (Lipinski definition) is 3. The van der Waals surface area contributed by atoms with Crippen LogP contribution in [-0.4, -0.2) is 45.1 Å². The van der Waals surface area contributed by atoms with Gasteiger partial charge in [-0.2, -0.15) is 0 Å². The molecule has 3 aromatic rings. The lowest BCUT2D eigenvalue weighted by atomic mass is 9.81. The molecule has 37 heavy (non-hydrogen) atoms. The van der Waals surface area contributed by atoms with E-state index in [1.165, 1.54) is 36.6 Å². The molecule has 1 saturated carbocycles. The Labute approximate surface area is 227 Å². The van der Waals surface area contributed by atoms with Crippen molar-refractivity contribution in [2.45, 2.75) is 81.5 Å². The number of carbonyl (C=O) groups excluding carboxylic acids is 1. The Morgan fingerprint density at radius 2 is 1.68 bits per heavy atom. The molecule has 1 unspecified atom stereocenters. The zero-order valence-electron chi connectivity index (χ0n) is 20.8. The van der Waals surface area contributed by atoms with Gasteiger partial charge >= 0.3 is 0 Å². The monoisotopic (exact) mass is 537 g/mol. The fourth-order valence-electron chi connectivity index (χ4n) is 7.09. The first kappa shape index (κ1) is 24.8. The highest BCUT2D eigenvalue weighted by atomic mass is 35.5. The lowest BCUT2D eigenvalue weighted by Gasteiger charge is -2.46. The van der Waals surface area contributed by atoms with Crippen molar-refractivity contribution in [3.05, 3.63) is 69.8 Å². The number of amides is 1. The maximum Gasteiger partial charge on any atom is 0.244 e. The summed E-state index contributed by atoms with van der Waals surface area (Å²) < 4.78 is 0. The van der Waals surface area contributed by atoms with Crippen LogP contribution in [0.2, 0.25) is 10.0 Å². The molecule has 2 bridgehead atoms. The van der Waals surface area contributed by atoms with Crippen molar-refractivity contribution in [3.63, 3.8) is 0 Å². The number of nitrogens with zero attached hydrogens (tertiary/aromatic N) is 1. The standard InChI is InChI=1S/C30H33Cl2N3O2/c31-27-10-1-18(13-28(27)32)2-12-30(37)34-20-3-5-21(6-4-20)35-22-7-8-23(35)15-19(14-22)26-17-33-29-11-9-24(36)16-25(26)29/h1-2,9-13,16-17,19-23,33,36H,3-8,14-15H2,(H,34,37)/b12-2+/t19?,20?,21?,22-,23+. The van der Waals surface area contributed by atoms with Crippen LogP contribution >= 0.6 is 23.2 Å². The third-order valence-electron chi connectivity index (χ3n) is 8.76. The summed E-state index contributed by atoms with van der Waals surface area (Å²) in [5, 5.41) is 15.4. The number of phenols is 1. The van der Waals surface area contributed by atoms with Crippen molar-refractivity contribution in [1.29, 1.82) is 0 Å². The molecule has 1 aromatic heterocycles. The molecule has 6 rings (SSSR count). The van der Waals surface area contributed by atoms with E-state index >= 15 is 0 Å². The molecule has 3 heterocycles. The number of rotatable bonds is 5. The van der Waals surface area contributed by atoms with Gasteiger partial charge in [0.25, 0.3) is 0 Å². The van der Waals surface area contributed by atoms with Gasteiger partial charge in [-0.15, -0.1) is 0 Å². The molecule has 2 saturated heterocycles. The molecule has 2 aliphatic heterocycles. The van der Waals surface area contributed by atoms with Crippen LogP contribution in [0.1, 0.15) is 68.4 Å². The van der Waals surface area contributed by atoms with E-state index in [1.807, 2.05) is 18.2 Å². The second kappa shape index (κ2) is 10.4. The molecule has 194 valence electrons. The van der Waals surface area contributed by atoms with Crippen LogP contribution in [0.15, 0.2) is 48.7 Å². The van der Waals surface area contributed by atoms with Crippen LogP contribution in [0.25, 0.3) is 17.0 Å². The summed E-state index contributed by atoms with van der Waals surface area (Å²) >= 11 is 12.0. The van der Waals surface area contributed by atoms with Gasteiger partial charge in [0.05, 0.1) is 10.0 Å². The molecule has 3 aliphatic rings. The third kappa shape index (κ3) is 5.14. The average Bonchev–Trinajstić information content (AvgIpc) is 3.42. The van der Waals surface area contributed by atoms with Crippen molar-refractivity contribution < 1.29 is 9.90 Å². The van der Waals surface area contributed by atoms with Crippen molar-refractivity contribution >= 4 is 46.1 Å². The Kier molecular flexibility index (Phi) is 6.95. The van der Waals surface area contributed by atoms with E-state index in [9.17, 15) is 9.90 Å². The SMILES string of the molecule is O=C(/C=C/c1ccc(Cl)c(Cl)c1)NC1CCC(N2[C@@H]3CC[C@H]2CC(c2c[nH]c4ccc(O)cc24)C3)CC1. The number of piperidine rings is 1. The summed E-state index contributed by atoms with van der Waals surface area (Å²) in [6.45, 7) is 0. The fourth-order valence-corrected chi connectivity index (χ4v) is 7.39. The summed E-state index contributed by atoms with van der Waals surface area (Å²) in [7, 11) is 0. The minimum Gasteiger partial charge on any atom is -0.508 e. The Hall–Kier alpha value is -2.47. The lowest BCUT2D eigenvalue weighted by Crippen LogP contribution is -2.51. The topological polar surface area (TPSA) is 68.4 Å². The Morgan fingerprint density at radius 3 is 2.41 bits per heavy atom. The summed E-state index contributed by atoms with van der Waals surface area (Å²) in [6.07, 6.45) is 14.8. The quantitative estimate of drug-likeness (QED) is 0.306. The molecule has 1 aliphatic carbocycles. The zero-order chi connectivity index (χ0) is 25.5. The van der Waals surface area contributed by atoms with E-state index < -0.39 is 0 Å². The van der Waals surface area contributed by atoms with E-state index in [2.05, 4.69) is 21.4 Å². The third-order valence-corrected chi connectivity index (χ3v) is 9.50. The second-order valence-corrected chi connectivity index (χ2v) is 11.8.